The van der Waals surface area contributed by atoms with E-state index in [2.05, 4.69) is 10.3 Å². The van der Waals surface area contributed by atoms with Gasteiger partial charge in [-0.1, -0.05) is 12.8 Å². The van der Waals surface area contributed by atoms with Crippen LogP contribution in [-0.2, 0) is 14.3 Å². The van der Waals surface area contributed by atoms with Gasteiger partial charge in [-0.15, -0.1) is 0 Å². The number of unbranched alkanes of at least 4 members (excludes halogenated alkanes) is 3. The van der Waals surface area contributed by atoms with Crippen molar-refractivity contribution in [2.75, 3.05) is 20.3 Å². The second-order valence-electron chi connectivity index (χ2n) is 13.2. The Balaban J connectivity index is 1.03. The van der Waals surface area contributed by atoms with Crippen LogP contribution in [0.5, 0.6) is 5.75 Å². The number of aromatic carboxylic acids is 1. The third-order valence-electron chi connectivity index (χ3n) is 9.51. The highest BCUT2D eigenvalue weighted by atomic mass is 16.6. The van der Waals surface area contributed by atoms with E-state index in [4.69, 9.17) is 13.9 Å². The van der Waals surface area contributed by atoms with Crippen molar-refractivity contribution in [3.63, 3.8) is 0 Å². The molecule has 0 saturated carbocycles. The zero-order valence-electron chi connectivity index (χ0n) is 29.8. The SMILES string of the molecule is COC1C[C@H](n2cc(/C=C/C(=O)CCCCCCNC(=O)c3ccc(C(=O)O)c(-c4c5ccc(=O)cc-5oc5cc(O)ccc45)c3)c(=O)[nH]c2=O)O[C@@H]1CO. The summed E-state index contributed by atoms with van der Waals surface area (Å²) in [6.45, 7) is 0.0376. The fourth-order valence-corrected chi connectivity index (χ4v) is 6.69. The van der Waals surface area contributed by atoms with Crippen LogP contribution in [0.1, 0.15) is 71.0 Å². The predicted molar refractivity (Wildman–Crippen MR) is 200 cm³/mol. The zero-order valence-corrected chi connectivity index (χ0v) is 29.8. The number of aliphatic hydroxyl groups excluding tert-OH is 1. The molecule has 1 aliphatic carbocycles. The number of carbonyl (C=O) groups excluding carboxylic acids is 2. The second-order valence-corrected chi connectivity index (χ2v) is 13.2. The summed E-state index contributed by atoms with van der Waals surface area (Å²) in [4.78, 5) is 77.3. The molecule has 1 amide bonds. The number of ketones is 1. The number of allylic oxidation sites excluding steroid dienone is 1. The number of aliphatic hydroxyl groups is 1. The van der Waals surface area contributed by atoms with Gasteiger partial charge in [0, 0.05) is 66.9 Å². The van der Waals surface area contributed by atoms with Gasteiger partial charge in [0.2, 0.25) is 0 Å². The molecule has 6 rings (SSSR count). The standard InChI is InChI=1S/C40H39N3O12/c1-53-33-19-35(55-34(33)21-44)43-20-23(38(49)42-40(43)52)7-9-24(45)6-4-2-3-5-15-41-37(48)22-8-12-27(39(50)51)30(16-22)36-28-13-10-25(46)17-31(28)54-32-18-26(47)11-14-29(32)36/h7-14,16-18,20,33-35,44,46H,2-6,15,19,21H2,1H3,(H,41,48)(H,50,51)(H,42,49,52)/b9-7+/t33?,34-,35-/m1/s1. The Kier molecular flexibility index (Phi) is 11.8. The number of aromatic hydroxyl groups is 1. The number of phenolic OH excluding ortho intramolecular Hbond substituents is 1. The number of nitrogens with zero attached hydrogens (tertiary/aromatic N) is 1. The number of hydrogen-bond donors (Lipinski definition) is 5. The topological polar surface area (TPSA) is 227 Å². The molecule has 15 nitrogen and oxygen atoms in total. The lowest BCUT2D eigenvalue weighted by atomic mass is 9.89. The summed E-state index contributed by atoms with van der Waals surface area (Å²) in [5.41, 5.74) is -0.0559. The van der Waals surface area contributed by atoms with Crippen molar-refractivity contribution in [1.29, 1.82) is 0 Å². The number of methoxy groups -OCH3 is 1. The monoisotopic (exact) mass is 753 g/mol. The normalized spacial score (nSPS) is 16.9. The lowest BCUT2D eigenvalue weighted by Gasteiger charge is -2.17. The molecule has 3 aromatic rings. The van der Waals surface area contributed by atoms with Crippen LogP contribution < -0.4 is 22.0 Å². The molecule has 2 aliphatic heterocycles. The van der Waals surface area contributed by atoms with Crippen LogP contribution in [0.25, 0.3) is 39.5 Å². The highest BCUT2D eigenvalue weighted by molar-refractivity contribution is 6.09. The van der Waals surface area contributed by atoms with Gasteiger partial charge in [-0.3, -0.25) is 28.7 Å². The van der Waals surface area contributed by atoms with Crippen LogP contribution in [0.15, 0.2) is 85.7 Å². The van der Waals surface area contributed by atoms with Gasteiger partial charge in [0.05, 0.1) is 23.8 Å². The van der Waals surface area contributed by atoms with Crippen LogP contribution in [0, 0.1) is 0 Å². The average Bonchev–Trinajstić information content (AvgIpc) is 3.59. The van der Waals surface area contributed by atoms with Crippen molar-refractivity contribution >= 4 is 34.7 Å². The van der Waals surface area contributed by atoms with Gasteiger partial charge in [0.25, 0.3) is 11.5 Å². The highest BCUT2D eigenvalue weighted by Crippen LogP contribution is 2.42. The predicted octanol–water partition coefficient (Wildman–Crippen LogP) is 4.08. The third-order valence-corrected chi connectivity index (χ3v) is 9.51. The minimum absolute atomic E-state index is 0.0685. The maximum atomic E-state index is 13.2. The molecule has 15 heteroatoms. The number of aromatic nitrogens is 2. The molecule has 0 radical (unpaired) electrons. The number of H-pyrrole nitrogens is 1. The van der Waals surface area contributed by atoms with Crippen LogP contribution in [0.4, 0.5) is 0 Å². The lowest BCUT2D eigenvalue weighted by Crippen LogP contribution is -2.33. The maximum Gasteiger partial charge on any atom is 0.336 e. The lowest BCUT2D eigenvalue weighted by molar-refractivity contribution is -0.114. The van der Waals surface area contributed by atoms with Crippen LogP contribution in [-0.4, -0.2) is 75.0 Å². The Morgan fingerprint density at radius 3 is 2.55 bits per heavy atom. The first-order valence-electron chi connectivity index (χ1n) is 17.7. The Labute approximate surface area is 312 Å². The summed E-state index contributed by atoms with van der Waals surface area (Å²) in [7, 11) is 1.48. The number of aromatic amines is 1. The number of fused-ring (bicyclic) bond motifs is 2. The molecule has 3 heterocycles. The fraction of sp³-hybridized carbons (Fsp3) is 0.300. The second kappa shape index (κ2) is 16.9. The first-order chi connectivity index (χ1) is 26.5. The number of carboxylic acid groups (broad SMARTS) is 1. The van der Waals surface area contributed by atoms with E-state index in [0.29, 0.717) is 55.2 Å². The van der Waals surface area contributed by atoms with Crippen LogP contribution in [0.2, 0.25) is 0 Å². The number of phenols is 1. The summed E-state index contributed by atoms with van der Waals surface area (Å²) in [6.07, 6.45) is 5.27. The molecular weight excluding hydrogens is 714 g/mol. The van der Waals surface area contributed by atoms with E-state index >= 15 is 0 Å². The van der Waals surface area contributed by atoms with Crippen molar-refractivity contribution in [2.24, 2.45) is 0 Å². The van der Waals surface area contributed by atoms with Crippen molar-refractivity contribution in [1.82, 2.24) is 14.9 Å². The molecule has 286 valence electrons. The Morgan fingerprint density at radius 1 is 1.00 bits per heavy atom. The summed E-state index contributed by atoms with van der Waals surface area (Å²) in [6, 6.07) is 12.8. The molecule has 1 unspecified atom stereocenters. The fourth-order valence-electron chi connectivity index (χ4n) is 6.69. The van der Waals surface area contributed by atoms with Gasteiger partial charge in [0.15, 0.2) is 11.2 Å². The maximum absolute atomic E-state index is 13.2. The highest BCUT2D eigenvalue weighted by Gasteiger charge is 2.36. The molecule has 2 aromatic carbocycles. The zero-order chi connectivity index (χ0) is 39.2. The molecule has 1 aromatic heterocycles. The van der Waals surface area contributed by atoms with Crippen LogP contribution in [0.3, 0.4) is 0 Å². The minimum Gasteiger partial charge on any atom is -0.508 e. The molecule has 1 fully saturated rings. The molecule has 55 heavy (non-hydrogen) atoms. The van der Waals surface area contributed by atoms with Gasteiger partial charge in [0.1, 0.15) is 29.4 Å². The van der Waals surface area contributed by atoms with Gasteiger partial charge in [-0.25, -0.2) is 9.59 Å². The Bertz CT molecular complexity index is 2420. The number of rotatable bonds is 15. The molecule has 5 N–H and O–H groups in total. The van der Waals surface area contributed by atoms with E-state index in [1.54, 1.807) is 6.07 Å². The molecule has 0 bridgehead atoms. The molecule has 1 saturated heterocycles. The van der Waals surface area contributed by atoms with E-state index in [0.717, 1.165) is 0 Å². The van der Waals surface area contributed by atoms with E-state index in [9.17, 15) is 44.1 Å². The Morgan fingerprint density at radius 2 is 1.80 bits per heavy atom. The van der Waals surface area contributed by atoms with Crippen molar-refractivity contribution in [3.05, 3.63) is 115 Å². The number of nitrogens with one attached hydrogen (secondary N) is 2. The number of amides is 1. The van der Waals surface area contributed by atoms with Crippen molar-refractivity contribution < 1.29 is 43.6 Å². The molecular formula is C40H39N3O12. The summed E-state index contributed by atoms with van der Waals surface area (Å²) >= 11 is 0. The smallest absolute Gasteiger partial charge is 0.336 e. The first-order valence-corrected chi connectivity index (χ1v) is 17.7. The summed E-state index contributed by atoms with van der Waals surface area (Å²) in [5.74, 6) is -1.73. The minimum atomic E-state index is -1.22. The van der Waals surface area contributed by atoms with Crippen LogP contribution >= 0.6 is 0 Å². The van der Waals surface area contributed by atoms with Gasteiger partial charge >= 0.3 is 11.7 Å². The quantitative estimate of drug-likeness (QED) is 0.0579. The van der Waals surface area contributed by atoms with E-state index in [1.807, 2.05) is 0 Å². The van der Waals surface area contributed by atoms with Gasteiger partial charge < -0.3 is 34.5 Å². The molecule has 0 spiro atoms. The van der Waals surface area contributed by atoms with E-state index < -0.39 is 41.6 Å². The van der Waals surface area contributed by atoms with Gasteiger partial charge in [-0.05, 0) is 73.0 Å². The summed E-state index contributed by atoms with van der Waals surface area (Å²) < 4.78 is 18.1. The number of hydrogen-bond acceptors (Lipinski definition) is 11. The third kappa shape index (κ3) is 8.64. The Hall–Kier alpha value is -6.16. The molecule has 3 atom stereocenters. The van der Waals surface area contributed by atoms with Crippen molar-refractivity contribution in [2.45, 2.75) is 57.0 Å². The average molecular weight is 754 g/mol. The summed E-state index contributed by atoms with van der Waals surface area (Å²) in [5, 5.41) is 33.0. The van der Waals surface area contributed by atoms with Gasteiger partial charge in [-0.2, -0.15) is 0 Å². The number of ether oxygens (including phenoxy) is 2. The number of carbonyl (C=O) groups is 3. The number of benzene rings is 3. The first kappa shape index (κ1) is 38.6. The van der Waals surface area contributed by atoms with Crippen molar-refractivity contribution in [3.8, 4) is 28.2 Å². The largest absolute Gasteiger partial charge is 0.508 e. The number of carboxylic acids is 1. The van der Waals surface area contributed by atoms with E-state index in [1.165, 1.54) is 78.6 Å². The molecule has 3 aliphatic rings. The van der Waals surface area contributed by atoms with E-state index in [-0.39, 0.29) is 63.6 Å².